The molecule has 12 heavy (non-hydrogen) atoms. The van der Waals surface area contributed by atoms with E-state index in [4.69, 9.17) is 16.6 Å². The Morgan fingerprint density at radius 3 is 2.75 bits per heavy atom. The second-order valence-corrected chi connectivity index (χ2v) is 3.26. The monoisotopic (exact) mass is 186 g/mol. The normalized spacial score (nSPS) is 9.83. The van der Waals surface area contributed by atoms with Crippen LogP contribution in [0.4, 0.5) is 5.13 Å². The number of hydrogen-bond acceptors (Lipinski definition) is 4. The first-order valence-corrected chi connectivity index (χ1v) is 4.12. The third-order valence-electron chi connectivity index (χ3n) is 1.25. The summed E-state index contributed by atoms with van der Waals surface area (Å²) in [6.07, 6.45) is 0. The van der Waals surface area contributed by atoms with Crippen molar-refractivity contribution in [2.45, 2.75) is 13.5 Å². The molecule has 0 saturated heterocycles. The zero-order valence-corrected chi connectivity index (χ0v) is 7.43. The quantitative estimate of drug-likeness (QED) is 0.442. The SMILES string of the molecule is Cc1nc(N=C(N)N)sc1CO. The third kappa shape index (κ3) is 1.93. The summed E-state index contributed by atoms with van der Waals surface area (Å²) in [5.41, 5.74) is 11.1. The molecule has 66 valence electrons. The van der Waals surface area contributed by atoms with Gasteiger partial charge in [0.1, 0.15) is 0 Å². The van der Waals surface area contributed by atoms with Gasteiger partial charge in [0.15, 0.2) is 5.96 Å². The number of nitrogens with zero attached hydrogens (tertiary/aromatic N) is 2. The number of aromatic nitrogens is 1. The molecule has 1 aromatic rings. The molecule has 0 aliphatic rings. The molecule has 0 saturated carbocycles. The Kier molecular flexibility index (Phi) is 2.61. The minimum absolute atomic E-state index is 0.0201. The maximum atomic E-state index is 8.83. The van der Waals surface area contributed by atoms with Gasteiger partial charge in [-0.3, -0.25) is 0 Å². The van der Waals surface area contributed by atoms with Crippen LogP contribution < -0.4 is 11.5 Å². The molecular formula is C6H10N4OS. The standard InChI is InChI=1S/C6H10N4OS/c1-3-4(2-11)12-6(9-3)10-5(7)8/h11H,2H2,1H3,(H4,7,8,9,10). The lowest BCUT2D eigenvalue weighted by molar-refractivity contribution is 0.284. The Bertz CT molecular complexity index is 302. The van der Waals surface area contributed by atoms with Crippen molar-refractivity contribution >= 4 is 22.4 Å². The molecule has 5 nitrogen and oxygen atoms in total. The number of aliphatic imine (C=N–C) groups is 1. The van der Waals surface area contributed by atoms with E-state index in [1.54, 1.807) is 6.92 Å². The maximum absolute atomic E-state index is 8.83. The molecule has 6 heteroatoms. The lowest BCUT2D eigenvalue weighted by atomic mass is 10.4. The Morgan fingerprint density at radius 2 is 2.33 bits per heavy atom. The number of aliphatic hydroxyl groups excluding tert-OH is 1. The van der Waals surface area contributed by atoms with E-state index in [0.29, 0.717) is 5.13 Å². The van der Waals surface area contributed by atoms with Gasteiger partial charge in [-0.2, -0.15) is 4.99 Å². The smallest absolute Gasteiger partial charge is 0.212 e. The second-order valence-electron chi connectivity index (χ2n) is 2.20. The van der Waals surface area contributed by atoms with Gasteiger partial charge in [0.25, 0.3) is 0 Å². The summed E-state index contributed by atoms with van der Waals surface area (Å²) >= 11 is 1.28. The Morgan fingerprint density at radius 1 is 1.67 bits per heavy atom. The van der Waals surface area contributed by atoms with E-state index in [-0.39, 0.29) is 12.6 Å². The number of thiazole rings is 1. The zero-order valence-electron chi connectivity index (χ0n) is 6.61. The van der Waals surface area contributed by atoms with Gasteiger partial charge in [-0.05, 0) is 6.92 Å². The van der Waals surface area contributed by atoms with Gasteiger partial charge in [0.05, 0.1) is 17.2 Å². The molecule has 0 atom stereocenters. The highest BCUT2D eigenvalue weighted by Crippen LogP contribution is 2.24. The van der Waals surface area contributed by atoms with E-state index in [0.717, 1.165) is 10.6 Å². The van der Waals surface area contributed by atoms with E-state index >= 15 is 0 Å². The number of rotatable bonds is 2. The van der Waals surface area contributed by atoms with Crippen molar-refractivity contribution in [2.75, 3.05) is 0 Å². The van der Waals surface area contributed by atoms with Crippen LogP contribution in [0.1, 0.15) is 10.6 Å². The van der Waals surface area contributed by atoms with E-state index < -0.39 is 0 Å². The lowest BCUT2D eigenvalue weighted by Gasteiger charge is -1.85. The fraction of sp³-hybridized carbons (Fsp3) is 0.333. The lowest BCUT2D eigenvalue weighted by Crippen LogP contribution is -2.21. The van der Waals surface area contributed by atoms with Gasteiger partial charge >= 0.3 is 0 Å². The number of hydrogen-bond donors (Lipinski definition) is 3. The summed E-state index contributed by atoms with van der Waals surface area (Å²) in [7, 11) is 0. The molecule has 1 aromatic heterocycles. The van der Waals surface area contributed by atoms with Crippen molar-refractivity contribution in [3.63, 3.8) is 0 Å². The first-order valence-electron chi connectivity index (χ1n) is 3.30. The van der Waals surface area contributed by atoms with Crippen LogP contribution in [-0.4, -0.2) is 16.1 Å². The Labute approximate surface area is 73.8 Å². The molecule has 1 rings (SSSR count). The Balaban J connectivity index is 2.97. The molecule has 0 radical (unpaired) electrons. The molecule has 0 bridgehead atoms. The van der Waals surface area contributed by atoms with Gasteiger partial charge in [0.2, 0.25) is 5.13 Å². The summed E-state index contributed by atoms with van der Waals surface area (Å²) in [6.45, 7) is 1.78. The van der Waals surface area contributed by atoms with Crippen LogP contribution in [0.5, 0.6) is 0 Å². The largest absolute Gasteiger partial charge is 0.391 e. The van der Waals surface area contributed by atoms with Crippen molar-refractivity contribution in [1.29, 1.82) is 0 Å². The van der Waals surface area contributed by atoms with Crippen molar-refractivity contribution in [1.82, 2.24) is 4.98 Å². The highest BCUT2D eigenvalue weighted by molar-refractivity contribution is 7.15. The molecule has 0 unspecified atom stereocenters. The molecule has 0 spiro atoms. The van der Waals surface area contributed by atoms with E-state index in [1.807, 2.05) is 0 Å². The van der Waals surface area contributed by atoms with Crippen molar-refractivity contribution in [2.24, 2.45) is 16.5 Å². The van der Waals surface area contributed by atoms with Gasteiger partial charge < -0.3 is 16.6 Å². The highest BCUT2D eigenvalue weighted by Gasteiger charge is 2.04. The number of aryl methyl sites for hydroxylation is 1. The molecule has 0 aliphatic heterocycles. The molecule has 0 aliphatic carbocycles. The molecule has 1 heterocycles. The summed E-state index contributed by atoms with van der Waals surface area (Å²) in [6, 6.07) is 0. The van der Waals surface area contributed by atoms with Gasteiger partial charge in [-0.1, -0.05) is 11.3 Å². The number of nitrogens with two attached hydrogens (primary N) is 2. The maximum Gasteiger partial charge on any atom is 0.212 e. The minimum Gasteiger partial charge on any atom is -0.391 e. The first kappa shape index (κ1) is 8.95. The molecule has 0 fully saturated rings. The summed E-state index contributed by atoms with van der Waals surface area (Å²) in [5, 5.41) is 9.31. The van der Waals surface area contributed by atoms with Crippen LogP contribution in [0.25, 0.3) is 0 Å². The summed E-state index contributed by atoms with van der Waals surface area (Å²) in [4.78, 5) is 8.58. The van der Waals surface area contributed by atoms with Gasteiger partial charge in [-0.25, -0.2) is 4.98 Å². The second kappa shape index (κ2) is 3.51. The molecule has 0 amide bonds. The molecule has 5 N–H and O–H groups in total. The zero-order chi connectivity index (χ0) is 9.14. The first-order chi connectivity index (χ1) is 5.63. The van der Waals surface area contributed by atoms with Crippen LogP contribution in [0, 0.1) is 6.92 Å². The van der Waals surface area contributed by atoms with E-state index in [1.165, 1.54) is 11.3 Å². The average molecular weight is 186 g/mol. The van der Waals surface area contributed by atoms with E-state index in [2.05, 4.69) is 9.98 Å². The van der Waals surface area contributed by atoms with Crippen molar-refractivity contribution < 1.29 is 5.11 Å². The van der Waals surface area contributed by atoms with Crippen LogP contribution in [0.15, 0.2) is 4.99 Å². The third-order valence-corrected chi connectivity index (χ3v) is 2.29. The number of aliphatic hydroxyl groups is 1. The Hall–Kier alpha value is -1.14. The van der Waals surface area contributed by atoms with Crippen molar-refractivity contribution in [3.8, 4) is 0 Å². The predicted octanol–water partition coefficient (Wildman–Crippen LogP) is -0.151. The fourth-order valence-electron chi connectivity index (χ4n) is 0.718. The number of guanidine groups is 1. The topological polar surface area (TPSA) is 97.5 Å². The van der Waals surface area contributed by atoms with Crippen LogP contribution in [-0.2, 0) is 6.61 Å². The minimum atomic E-state index is -0.0243. The van der Waals surface area contributed by atoms with Crippen molar-refractivity contribution in [3.05, 3.63) is 10.6 Å². The van der Waals surface area contributed by atoms with Crippen LogP contribution in [0.2, 0.25) is 0 Å². The summed E-state index contributed by atoms with van der Waals surface area (Å²) in [5.74, 6) is -0.0201. The van der Waals surface area contributed by atoms with E-state index in [9.17, 15) is 0 Å². The predicted molar refractivity (Wildman–Crippen MR) is 48.2 cm³/mol. The summed E-state index contributed by atoms with van der Waals surface area (Å²) < 4.78 is 0. The van der Waals surface area contributed by atoms with Crippen LogP contribution in [0.3, 0.4) is 0 Å². The molecule has 0 aromatic carbocycles. The fourth-order valence-corrected chi connectivity index (χ4v) is 1.53. The van der Waals surface area contributed by atoms with Gasteiger partial charge in [-0.15, -0.1) is 0 Å². The van der Waals surface area contributed by atoms with Gasteiger partial charge in [0, 0.05) is 0 Å². The average Bonchev–Trinajstić information content (AvgIpc) is 2.29. The van der Waals surface area contributed by atoms with Crippen LogP contribution >= 0.6 is 11.3 Å². The molecular weight excluding hydrogens is 176 g/mol. The highest BCUT2D eigenvalue weighted by atomic mass is 32.1.